The van der Waals surface area contributed by atoms with Crippen molar-refractivity contribution in [1.82, 2.24) is 20.0 Å². The lowest BCUT2D eigenvalue weighted by molar-refractivity contribution is 0.0691. The van der Waals surface area contributed by atoms with Crippen molar-refractivity contribution in [3.05, 3.63) is 41.5 Å². The Kier molecular flexibility index (Phi) is 3.36. The molecule has 0 unspecified atom stereocenters. The van der Waals surface area contributed by atoms with Crippen LogP contribution in [0.25, 0.3) is 16.4 Å². The maximum absolute atomic E-state index is 11.3. The van der Waals surface area contributed by atoms with Gasteiger partial charge < -0.3 is 9.84 Å². The fourth-order valence-corrected chi connectivity index (χ4v) is 2.48. The summed E-state index contributed by atoms with van der Waals surface area (Å²) in [6.07, 6.45) is 1.62. The normalized spacial score (nSPS) is 10.5. The van der Waals surface area contributed by atoms with Gasteiger partial charge in [-0.25, -0.2) is 9.78 Å². The first-order valence-corrected chi connectivity index (χ1v) is 6.82. The minimum absolute atomic E-state index is 0.115. The third-order valence-corrected chi connectivity index (χ3v) is 3.58. The summed E-state index contributed by atoms with van der Waals surface area (Å²) in [4.78, 5) is 15.5. The number of carbonyl (C=O) groups is 1. The number of hydrogen-bond donors (Lipinski definition) is 1. The summed E-state index contributed by atoms with van der Waals surface area (Å²) in [5.41, 5.74) is 0.948. The third kappa shape index (κ3) is 2.36. The number of benzene rings is 1. The van der Waals surface area contributed by atoms with E-state index in [0.717, 1.165) is 0 Å². The van der Waals surface area contributed by atoms with Crippen molar-refractivity contribution in [2.45, 2.75) is 0 Å². The van der Waals surface area contributed by atoms with Gasteiger partial charge in [-0.3, -0.25) is 0 Å². The average Bonchev–Trinajstić information content (AvgIpc) is 3.16. The number of aromatic nitrogens is 4. The number of aromatic carboxylic acids is 1. The highest BCUT2D eigenvalue weighted by Crippen LogP contribution is 2.27. The van der Waals surface area contributed by atoms with E-state index in [9.17, 15) is 9.90 Å². The summed E-state index contributed by atoms with van der Waals surface area (Å²) in [5, 5.41) is 19.3. The lowest BCUT2D eigenvalue weighted by Crippen LogP contribution is -2.03. The van der Waals surface area contributed by atoms with E-state index in [-0.39, 0.29) is 5.69 Å². The molecule has 0 spiro atoms. The fourth-order valence-electron chi connectivity index (χ4n) is 1.89. The summed E-state index contributed by atoms with van der Waals surface area (Å²) < 4.78 is 6.53. The van der Waals surface area contributed by atoms with Crippen molar-refractivity contribution in [2.24, 2.45) is 0 Å². The van der Waals surface area contributed by atoms with Crippen LogP contribution in [0.3, 0.4) is 0 Å². The first kappa shape index (κ1) is 13.3. The molecule has 0 aliphatic rings. The molecule has 0 aliphatic heterocycles. The van der Waals surface area contributed by atoms with E-state index in [1.165, 1.54) is 16.0 Å². The number of rotatable bonds is 4. The highest BCUT2D eigenvalue weighted by molar-refractivity contribution is 7.12. The largest absolute Gasteiger partial charge is 0.497 e. The van der Waals surface area contributed by atoms with Crippen molar-refractivity contribution in [3.8, 4) is 22.1 Å². The second-order valence-electron chi connectivity index (χ2n) is 4.05. The number of hydrogen-bond acceptors (Lipinski definition) is 6. The van der Waals surface area contributed by atoms with Crippen LogP contribution in [0.5, 0.6) is 5.75 Å². The number of thiazole rings is 1. The average molecular weight is 302 g/mol. The Balaban J connectivity index is 2.18. The first-order chi connectivity index (χ1) is 10.2. The van der Waals surface area contributed by atoms with Gasteiger partial charge in [-0.05, 0) is 24.3 Å². The Hall–Kier alpha value is -2.74. The Morgan fingerprint density at radius 3 is 2.67 bits per heavy atom. The maximum atomic E-state index is 11.3. The number of carboxylic acid groups (broad SMARTS) is 1. The molecule has 0 aliphatic carbocycles. The van der Waals surface area contributed by atoms with Gasteiger partial charge in [0.25, 0.3) is 0 Å². The van der Waals surface area contributed by atoms with E-state index < -0.39 is 5.97 Å². The molecule has 2 aromatic heterocycles. The molecular weight excluding hydrogens is 292 g/mol. The second kappa shape index (κ2) is 5.33. The molecule has 0 fully saturated rings. The van der Waals surface area contributed by atoms with E-state index >= 15 is 0 Å². The highest BCUT2D eigenvalue weighted by Gasteiger charge is 2.22. The molecule has 0 atom stereocenters. The van der Waals surface area contributed by atoms with Gasteiger partial charge in [0, 0.05) is 17.1 Å². The molecule has 8 heteroatoms. The van der Waals surface area contributed by atoms with E-state index in [0.29, 0.717) is 22.1 Å². The monoisotopic (exact) mass is 302 g/mol. The molecule has 106 valence electrons. The lowest BCUT2D eigenvalue weighted by atomic mass is 10.1. The smallest absolute Gasteiger partial charge is 0.358 e. The van der Waals surface area contributed by atoms with E-state index in [1.54, 1.807) is 43.0 Å². The zero-order valence-electron chi connectivity index (χ0n) is 10.9. The summed E-state index contributed by atoms with van der Waals surface area (Å²) in [6, 6.07) is 7.02. The van der Waals surface area contributed by atoms with Crippen LogP contribution in [0, 0.1) is 0 Å². The second-order valence-corrected chi connectivity index (χ2v) is 4.92. The summed E-state index contributed by atoms with van der Waals surface area (Å²) in [5.74, 6) is -0.451. The van der Waals surface area contributed by atoms with Gasteiger partial charge in [0.05, 0.1) is 7.11 Å². The van der Waals surface area contributed by atoms with Crippen LogP contribution in [-0.2, 0) is 0 Å². The van der Waals surface area contributed by atoms with Crippen molar-refractivity contribution in [2.75, 3.05) is 7.11 Å². The van der Waals surface area contributed by atoms with Crippen LogP contribution in [-0.4, -0.2) is 38.2 Å². The van der Waals surface area contributed by atoms with Gasteiger partial charge >= 0.3 is 5.97 Å². The summed E-state index contributed by atoms with van der Waals surface area (Å²) >= 11 is 1.35. The lowest BCUT2D eigenvalue weighted by Gasteiger charge is -2.05. The quantitative estimate of drug-likeness (QED) is 0.793. The molecule has 0 saturated heterocycles. The van der Waals surface area contributed by atoms with Crippen molar-refractivity contribution in [1.29, 1.82) is 0 Å². The molecule has 3 rings (SSSR count). The third-order valence-electron chi connectivity index (χ3n) is 2.84. The fraction of sp³-hybridized carbons (Fsp3) is 0.0769. The molecule has 1 N–H and O–H groups in total. The van der Waals surface area contributed by atoms with Crippen LogP contribution < -0.4 is 4.74 Å². The van der Waals surface area contributed by atoms with Gasteiger partial charge in [0.15, 0.2) is 5.69 Å². The Bertz CT molecular complexity index is 765. The van der Waals surface area contributed by atoms with Crippen LogP contribution in [0.2, 0.25) is 0 Å². The van der Waals surface area contributed by atoms with Crippen LogP contribution >= 0.6 is 11.3 Å². The molecule has 0 bridgehead atoms. The van der Waals surface area contributed by atoms with E-state index in [4.69, 9.17) is 4.74 Å². The topological polar surface area (TPSA) is 90.1 Å². The summed E-state index contributed by atoms with van der Waals surface area (Å²) in [7, 11) is 1.57. The number of nitrogens with zero attached hydrogens (tertiary/aromatic N) is 4. The van der Waals surface area contributed by atoms with E-state index in [1.807, 2.05) is 0 Å². The molecule has 21 heavy (non-hydrogen) atoms. The molecule has 0 saturated carbocycles. The van der Waals surface area contributed by atoms with Gasteiger partial charge in [-0.2, -0.15) is 4.68 Å². The maximum Gasteiger partial charge on any atom is 0.358 e. The van der Waals surface area contributed by atoms with Gasteiger partial charge in [0.1, 0.15) is 11.4 Å². The number of carboxylic acids is 1. The van der Waals surface area contributed by atoms with Crippen LogP contribution in [0.1, 0.15) is 10.5 Å². The van der Waals surface area contributed by atoms with Crippen molar-refractivity contribution >= 4 is 17.3 Å². The Labute approximate surface area is 123 Å². The standard InChI is InChI=1S/C13H10N4O3S/c1-20-9-4-2-8(3-5-9)11-10(12(18)19)15-16-17(11)13-14-6-7-21-13/h2-7H,1H3,(H,18,19). The van der Waals surface area contributed by atoms with Crippen LogP contribution in [0.15, 0.2) is 35.8 Å². The van der Waals surface area contributed by atoms with Crippen LogP contribution in [0.4, 0.5) is 0 Å². The molecule has 0 amide bonds. The molecule has 7 nitrogen and oxygen atoms in total. The predicted octanol–water partition coefficient (Wildman–Crippen LogP) is 2.10. The number of methoxy groups -OCH3 is 1. The summed E-state index contributed by atoms with van der Waals surface area (Å²) in [6.45, 7) is 0. The van der Waals surface area contributed by atoms with Gasteiger partial charge in [-0.1, -0.05) is 5.21 Å². The predicted molar refractivity (Wildman–Crippen MR) is 76.0 cm³/mol. The Morgan fingerprint density at radius 1 is 1.33 bits per heavy atom. The minimum atomic E-state index is -1.14. The van der Waals surface area contributed by atoms with Crippen molar-refractivity contribution in [3.63, 3.8) is 0 Å². The zero-order valence-corrected chi connectivity index (χ0v) is 11.7. The molecule has 0 radical (unpaired) electrons. The SMILES string of the molecule is COc1ccc(-c2c(C(=O)O)nnn2-c2nccs2)cc1. The van der Waals surface area contributed by atoms with Gasteiger partial charge in [0.2, 0.25) is 5.13 Å². The number of ether oxygens (including phenoxy) is 1. The minimum Gasteiger partial charge on any atom is -0.497 e. The van der Waals surface area contributed by atoms with E-state index in [2.05, 4.69) is 15.3 Å². The molecular formula is C13H10N4O3S. The van der Waals surface area contributed by atoms with Crippen molar-refractivity contribution < 1.29 is 14.6 Å². The highest BCUT2D eigenvalue weighted by atomic mass is 32.1. The van der Waals surface area contributed by atoms with Gasteiger partial charge in [-0.15, -0.1) is 16.4 Å². The molecule has 2 heterocycles. The molecule has 1 aromatic carbocycles. The first-order valence-electron chi connectivity index (χ1n) is 5.94. The Morgan fingerprint density at radius 2 is 2.10 bits per heavy atom. The molecule has 3 aromatic rings. The zero-order chi connectivity index (χ0) is 14.8.